The molecule has 2 aromatic rings. The van der Waals surface area contributed by atoms with Crippen LogP contribution in [0.25, 0.3) is 0 Å². The average Bonchev–Trinajstić information content (AvgIpc) is 3.08. The summed E-state index contributed by atoms with van der Waals surface area (Å²) in [6.07, 6.45) is -1.93. The first kappa shape index (κ1) is 15.3. The van der Waals surface area contributed by atoms with E-state index in [2.05, 4.69) is 20.2 Å². The highest BCUT2D eigenvalue weighted by atomic mass is 19.4. The van der Waals surface area contributed by atoms with Crippen molar-refractivity contribution in [3.05, 3.63) is 35.9 Å². The largest absolute Gasteiger partial charge is 0.433 e. The quantitative estimate of drug-likeness (QED) is 0.897. The third-order valence-electron chi connectivity index (χ3n) is 3.51. The maximum absolute atomic E-state index is 12.7. The molecule has 3 heterocycles. The molecule has 0 atom stereocenters. The van der Waals surface area contributed by atoms with Gasteiger partial charge in [-0.1, -0.05) is 0 Å². The van der Waals surface area contributed by atoms with Gasteiger partial charge in [-0.2, -0.15) is 18.3 Å². The number of rotatable bonds is 2. The predicted molar refractivity (Wildman–Crippen MR) is 73.7 cm³/mol. The van der Waals surface area contributed by atoms with Crippen LogP contribution >= 0.6 is 0 Å². The Bertz CT molecular complexity index is 679. The molecule has 0 bridgehead atoms. The van der Waals surface area contributed by atoms with Crippen LogP contribution < -0.4 is 4.90 Å². The number of hydrogen-bond donors (Lipinski definition) is 1. The summed E-state index contributed by atoms with van der Waals surface area (Å²) in [5.74, 6) is -0.166. The highest BCUT2D eigenvalue weighted by Gasteiger charge is 2.33. The molecule has 1 N–H and O–H groups in total. The Hall–Kier alpha value is -2.65. The van der Waals surface area contributed by atoms with E-state index in [-0.39, 0.29) is 11.9 Å². The molecule has 0 unspecified atom stereocenters. The van der Waals surface area contributed by atoms with Crippen LogP contribution in [0.2, 0.25) is 0 Å². The molecule has 1 amide bonds. The van der Waals surface area contributed by atoms with Gasteiger partial charge in [0.05, 0.1) is 0 Å². The van der Waals surface area contributed by atoms with Crippen LogP contribution in [0.15, 0.2) is 24.5 Å². The van der Waals surface area contributed by atoms with E-state index in [1.54, 1.807) is 15.9 Å². The number of nitrogens with one attached hydrogen (secondary N) is 1. The fraction of sp³-hybridized carbons (Fsp3) is 0.385. The second-order valence-electron chi connectivity index (χ2n) is 4.99. The Kier molecular flexibility index (Phi) is 3.89. The van der Waals surface area contributed by atoms with Crippen molar-refractivity contribution in [2.75, 3.05) is 31.1 Å². The maximum atomic E-state index is 12.7. The molecule has 1 saturated heterocycles. The number of aromatic nitrogens is 4. The second kappa shape index (κ2) is 5.86. The highest BCUT2D eigenvalue weighted by molar-refractivity contribution is 5.92. The smallest absolute Gasteiger partial charge is 0.337 e. The lowest BCUT2D eigenvalue weighted by molar-refractivity contribution is -0.141. The minimum absolute atomic E-state index is 0.0217. The van der Waals surface area contributed by atoms with Crippen LogP contribution in [0.1, 0.15) is 16.2 Å². The molecular weight excluding hydrogens is 313 g/mol. The molecular formula is C13H13F3N6O. The molecule has 122 valence electrons. The van der Waals surface area contributed by atoms with Gasteiger partial charge in [0.15, 0.2) is 0 Å². The van der Waals surface area contributed by atoms with E-state index in [1.165, 1.54) is 6.20 Å². The summed E-state index contributed by atoms with van der Waals surface area (Å²) in [4.78, 5) is 22.8. The van der Waals surface area contributed by atoms with E-state index in [0.717, 1.165) is 12.3 Å². The fourth-order valence-corrected chi connectivity index (χ4v) is 2.31. The predicted octanol–water partition coefficient (Wildman–Crippen LogP) is 1.18. The second-order valence-corrected chi connectivity index (χ2v) is 4.99. The summed E-state index contributed by atoms with van der Waals surface area (Å²) < 4.78 is 38.1. The van der Waals surface area contributed by atoms with E-state index in [1.807, 2.05) is 0 Å². The third-order valence-corrected chi connectivity index (χ3v) is 3.51. The minimum atomic E-state index is -4.50. The van der Waals surface area contributed by atoms with Gasteiger partial charge in [0.2, 0.25) is 5.95 Å². The molecule has 0 radical (unpaired) electrons. The first-order valence-electron chi connectivity index (χ1n) is 6.89. The zero-order valence-corrected chi connectivity index (χ0v) is 11.9. The van der Waals surface area contributed by atoms with Crippen molar-refractivity contribution in [2.45, 2.75) is 6.18 Å². The molecule has 3 rings (SSSR count). The van der Waals surface area contributed by atoms with E-state index < -0.39 is 11.9 Å². The van der Waals surface area contributed by atoms with Gasteiger partial charge >= 0.3 is 6.18 Å². The van der Waals surface area contributed by atoms with Crippen molar-refractivity contribution in [1.29, 1.82) is 0 Å². The standard InChI is InChI=1S/C13H13F3N6O/c14-13(15,16)10-2-3-17-12(19-10)22-7-5-21(6-8-22)11(23)9-1-4-18-20-9/h1-4H,5-8H2,(H,18,20). The Morgan fingerprint density at radius 1 is 1.13 bits per heavy atom. The molecule has 0 aliphatic carbocycles. The lowest BCUT2D eigenvalue weighted by Gasteiger charge is -2.34. The summed E-state index contributed by atoms with van der Waals surface area (Å²) in [6, 6.07) is 2.41. The molecule has 1 aliphatic heterocycles. The number of carbonyl (C=O) groups excluding carboxylic acids is 1. The van der Waals surface area contributed by atoms with E-state index in [4.69, 9.17) is 0 Å². The number of nitrogens with zero attached hydrogens (tertiary/aromatic N) is 5. The minimum Gasteiger partial charge on any atom is -0.337 e. The van der Waals surface area contributed by atoms with Crippen molar-refractivity contribution in [3.8, 4) is 0 Å². The number of alkyl halides is 3. The van der Waals surface area contributed by atoms with Crippen LogP contribution in [0.3, 0.4) is 0 Å². The van der Waals surface area contributed by atoms with E-state index in [9.17, 15) is 18.0 Å². The van der Waals surface area contributed by atoms with Crippen LogP contribution in [0.4, 0.5) is 19.1 Å². The van der Waals surface area contributed by atoms with Gasteiger partial charge in [0.25, 0.3) is 5.91 Å². The number of anilines is 1. The molecule has 0 aromatic carbocycles. The van der Waals surface area contributed by atoms with Crippen LogP contribution in [-0.4, -0.2) is 57.2 Å². The number of aromatic amines is 1. The van der Waals surface area contributed by atoms with Crippen molar-refractivity contribution < 1.29 is 18.0 Å². The number of piperazine rings is 1. The van der Waals surface area contributed by atoms with Gasteiger partial charge in [0.1, 0.15) is 11.4 Å². The number of amides is 1. The Morgan fingerprint density at radius 3 is 2.48 bits per heavy atom. The van der Waals surface area contributed by atoms with E-state index >= 15 is 0 Å². The summed E-state index contributed by atoms with van der Waals surface area (Å²) >= 11 is 0. The van der Waals surface area contributed by atoms with Crippen LogP contribution in [-0.2, 0) is 6.18 Å². The van der Waals surface area contributed by atoms with Gasteiger partial charge in [0, 0.05) is 38.6 Å². The van der Waals surface area contributed by atoms with Crippen LogP contribution in [0, 0.1) is 0 Å². The van der Waals surface area contributed by atoms with Crippen molar-refractivity contribution in [2.24, 2.45) is 0 Å². The topological polar surface area (TPSA) is 78.0 Å². The normalized spacial score (nSPS) is 15.8. The van der Waals surface area contributed by atoms with Gasteiger partial charge in [-0.25, -0.2) is 9.97 Å². The Morgan fingerprint density at radius 2 is 1.87 bits per heavy atom. The van der Waals surface area contributed by atoms with Crippen molar-refractivity contribution in [1.82, 2.24) is 25.1 Å². The van der Waals surface area contributed by atoms with E-state index in [0.29, 0.717) is 31.9 Å². The van der Waals surface area contributed by atoms with Gasteiger partial charge < -0.3 is 9.80 Å². The fourth-order valence-electron chi connectivity index (χ4n) is 2.31. The Labute approximate surface area is 129 Å². The molecule has 2 aromatic heterocycles. The van der Waals surface area contributed by atoms with Crippen molar-refractivity contribution >= 4 is 11.9 Å². The van der Waals surface area contributed by atoms with Gasteiger partial charge in [-0.15, -0.1) is 0 Å². The zero-order chi connectivity index (χ0) is 16.4. The van der Waals surface area contributed by atoms with Crippen molar-refractivity contribution in [3.63, 3.8) is 0 Å². The zero-order valence-electron chi connectivity index (χ0n) is 11.9. The number of hydrogen-bond acceptors (Lipinski definition) is 5. The first-order valence-corrected chi connectivity index (χ1v) is 6.89. The summed E-state index contributed by atoms with van der Waals surface area (Å²) in [6.45, 7) is 1.47. The summed E-state index contributed by atoms with van der Waals surface area (Å²) in [5, 5.41) is 6.32. The number of halogens is 3. The summed E-state index contributed by atoms with van der Waals surface area (Å²) in [5.41, 5.74) is -0.591. The number of H-pyrrole nitrogens is 1. The molecule has 10 heteroatoms. The maximum Gasteiger partial charge on any atom is 0.433 e. The third kappa shape index (κ3) is 3.25. The summed E-state index contributed by atoms with van der Waals surface area (Å²) in [7, 11) is 0. The molecule has 1 fully saturated rings. The monoisotopic (exact) mass is 326 g/mol. The number of carbonyl (C=O) groups is 1. The SMILES string of the molecule is O=C(c1ccn[nH]1)N1CCN(c2nccc(C(F)(F)F)n2)CC1. The first-order chi connectivity index (χ1) is 10.9. The van der Waals surface area contributed by atoms with Crippen LogP contribution in [0.5, 0.6) is 0 Å². The molecule has 23 heavy (non-hydrogen) atoms. The van der Waals surface area contributed by atoms with Gasteiger partial charge in [-0.05, 0) is 12.1 Å². The molecule has 0 saturated carbocycles. The molecule has 0 spiro atoms. The Balaban J connectivity index is 1.66. The van der Waals surface area contributed by atoms with Gasteiger partial charge in [-0.3, -0.25) is 9.89 Å². The lowest BCUT2D eigenvalue weighted by atomic mass is 10.3. The highest BCUT2D eigenvalue weighted by Crippen LogP contribution is 2.28. The molecule has 7 nitrogen and oxygen atoms in total. The lowest BCUT2D eigenvalue weighted by Crippen LogP contribution is -2.49. The average molecular weight is 326 g/mol. The molecule has 1 aliphatic rings.